The van der Waals surface area contributed by atoms with Gasteiger partial charge in [-0.2, -0.15) is 4.98 Å². The van der Waals surface area contributed by atoms with Crippen LogP contribution in [0.5, 0.6) is 0 Å². The molecule has 0 spiro atoms. The zero-order valence-electron chi connectivity index (χ0n) is 15.2. The number of likely N-dealkylation sites (tertiary alicyclic amines) is 1. The molecule has 0 amide bonds. The van der Waals surface area contributed by atoms with E-state index < -0.39 is 0 Å². The first-order chi connectivity index (χ1) is 12.6. The summed E-state index contributed by atoms with van der Waals surface area (Å²) in [6.45, 7) is 9.30. The van der Waals surface area contributed by atoms with Gasteiger partial charge in [-0.1, -0.05) is 5.16 Å². The van der Waals surface area contributed by atoms with Crippen molar-refractivity contribution in [3.63, 3.8) is 0 Å². The van der Waals surface area contributed by atoms with Crippen molar-refractivity contribution in [2.45, 2.75) is 51.5 Å². The van der Waals surface area contributed by atoms with Crippen molar-refractivity contribution in [1.82, 2.24) is 19.9 Å². The molecule has 3 unspecified atom stereocenters. The van der Waals surface area contributed by atoms with E-state index in [1.54, 1.807) is 11.3 Å². The van der Waals surface area contributed by atoms with E-state index in [2.05, 4.69) is 49.7 Å². The molecule has 2 aliphatic rings. The van der Waals surface area contributed by atoms with Crippen LogP contribution in [-0.2, 0) is 11.3 Å². The Balaban J connectivity index is 1.37. The summed E-state index contributed by atoms with van der Waals surface area (Å²) in [5.41, 5.74) is 0. The topological polar surface area (TPSA) is 54.6 Å². The van der Waals surface area contributed by atoms with Crippen molar-refractivity contribution in [1.29, 1.82) is 0 Å². The van der Waals surface area contributed by atoms with Gasteiger partial charge in [0.2, 0.25) is 11.7 Å². The van der Waals surface area contributed by atoms with Crippen LogP contribution in [0, 0.1) is 0 Å². The lowest BCUT2D eigenvalue weighted by Gasteiger charge is -2.38. The SMILES string of the molecule is CC1CN(CC2CCCN2Cc2nc(-c3cc(Br)cs3)no2)CC(C)O1. The molecule has 2 saturated heterocycles. The molecule has 0 saturated carbocycles. The third kappa shape index (κ3) is 4.36. The Hall–Kier alpha value is -0.800. The minimum Gasteiger partial charge on any atom is -0.373 e. The van der Waals surface area contributed by atoms with Crippen molar-refractivity contribution < 1.29 is 9.26 Å². The molecule has 0 aliphatic carbocycles. The summed E-state index contributed by atoms with van der Waals surface area (Å²) in [5.74, 6) is 1.39. The largest absolute Gasteiger partial charge is 0.373 e. The molecule has 0 aromatic carbocycles. The van der Waals surface area contributed by atoms with E-state index in [0.717, 1.165) is 42.1 Å². The van der Waals surface area contributed by atoms with Gasteiger partial charge in [0.15, 0.2) is 0 Å². The third-order valence-corrected chi connectivity index (χ3v) is 6.74. The summed E-state index contributed by atoms with van der Waals surface area (Å²) in [6, 6.07) is 2.58. The Kier molecular flexibility index (Phi) is 5.75. The number of aromatic nitrogens is 2. The fourth-order valence-electron chi connectivity index (χ4n) is 4.06. The first kappa shape index (κ1) is 18.6. The lowest BCUT2D eigenvalue weighted by molar-refractivity contribution is -0.0726. The first-order valence-corrected chi connectivity index (χ1v) is 10.9. The molecule has 8 heteroatoms. The molecule has 2 aromatic rings. The maximum Gasteiger partial charge on any atom is 0.241 e. The van der Waals surface area contributed by atoms with Gasteiger partial charge in [0.25, 0.3) is 0 Å². The Bertz CT molecular complexity index is 726. The molecular weight excluding hydrogens is 416 g/mol. The van der Waals surface area contributed by atoms with Crippen LogP contribution in [0.4, 0.5) is 0 Å². The van der Waals surface area contributed by atoms with Crippen LogP contribution in [0.3, 0.4) is 0 Å². The van der Waals surface area contributed by atoms with Crippen molar-refractivity contribution in [2.24, 2.45) is 0 Å². The summed E-state index contributed by atoms with van der Waals surface area (Å²) >= 11 is 5.09. The van der Waals surface area contributed by atoms with Crippen LogP contribution in [0.1, 0.15) is 32.6 Å². The molecule has 6 nitrogen and oxygen atoms in total. The molecule has 0 radical (unpaired) electrons. The molecule has 2 aliphatic heterocycles. The standard InChI is InChI=1S/C18H25BrN4O2S/c1-12-7-22(8-13(2)24-12)9-15-4-3-5-23(15)10-17-20-18(21-25-17)16-6-14(19)11-26-16/h6,11-13,15H,3-5,7-10H2,1-2H3. The minimum atomic E-state index is 0.317. The van der Waals surface area contributed by atoms with Gasteiger partial charge >= 0.3 is 0 Å². The Morgan fingerprint density at radius 1 is 1.31 bits per heavy atom. The van der Waals surface area contributed by atoms with Crippen LogP contribution >= 0.6 is 27.3 Å². The highest BCUT2D eigenvalue weighted by Gasteiger charge is 2.30. The lowest BCUT2D eigenvalue weighted by atomic mass is 10.1. The fourth-order valence-corrected chi connectivity index (χ4v) is 5.42. The predicted molar refractivity (Wildman–Crippen MR) is 105 cm³/mol. The highest BCUT2D eigenvalue weighted by molar-refractivity contribution is 9.10. The van der Waals surface area contributed by atoms with Gasteiger partial charge in [-0.25, -0.2) is 0 Å². The second kappa shape index (κ2) is 8.06. The molecule has 2 fully saturated rings. The minimum absolute atomic E-state index is 0.317. The highest BCUT2D eigenvalue weighted by atomic mass is 79.9. The maximum absolute atomic E-state index is 5.86. The molecule has 0 N–H and O–H groups in total. The number of thiophene rings is 1. The third-order valence-electron chi connectivity index (χ3n) is 5.06. The second-order valence-corrected chi connectivity index (χ2v) is 9.21. The van der Waals surface area contributed by atoms with E-state index in [1.807, 2.05) is 11.4 Å². The number of halogens is 1. The highest BCUT2D eigenvalue weighted by Crippen LogP contribution is 2.28. The molecule has 142 valence electrons. The molecular formula is C18H25BrN4O2S. The van der Waals surface area contributed by atoms with Crippen LogP contribution in [0.25, 0.3) is 10.7 Å². The maximum atomic E-state index is 5.86. The number of morpholine rings is 1. The summed E-state index contributed by atoms with van der Waals surface area (Å²) in [7, 11) is 0. The second-order valence-electron chi connectivity index (χ2n) is 7.38. The zero-order valence-corrected chi connectivity index (χ0v) is 17.6. The average Bonchev–Trinajstić information content (AvgIpc) is 3.29. The summed E-state index contributed by atoms with van der Waals surface area (Å²) < 4.78 is 12.4. The molecule has 3 atom stereocenters. The normalized spacial score (nSPS) is 28.0. The van der Waals surface area contributed by atoms with E-state index in [4.69, 9.17) is 9.26 Å². The van der Waals surface area contributed by atoms with Crippen LogP contribution in [0.15, 0.2) is 20.4 Å². The first-order valence-electron chi connectivity index (χ1n) is 9.25. The predicted octanol–water partition coefficient (Wildman–Crippen LogP) is 3.63. The number of hydrogen-bond acceptors (Lipinski definition) is 7. The molecule has 4 rings (SSSR count). The lowest BCUT2D eigenvalue weighted by Crippen LogP contribution is -2.50. The van der Waals surface area contributed by atoms with E-state index in [1.165, 1.54) is 12.8 Å². The van der Waals surface area contributed by atoms with Crippen LogP contribution < -0.4 is 0 Å². The van der Waals surface area contributed by atoms with E-state index in [0.29, 0.717) is 30.0 Å². The molecule has 26 heavy (non-hydrogen) atoms. The average molecular weight is 441 g/mol. The Morgan fingerprint density at radius 3 is 2.85 bits per heavy atom. The summed E-state index contributed by atoms with van der Waals surface area (Å²) in [6.07, 6.45) is 3.10. The number of nitrogens with zero attached hydrogens (tertiary/aromatic N) is 4. The number of ether oxygens (including phenoxy) is 1. The molecule has 4 heterocycles. The Labute approximate surface area is 166 Å². The smallest absolute Gasteiger partial charge is 0.241 e. The monoisotopic (exact) mass is 440 g/mol. The van der Waals surface area contributed by atoms with E-state index in [9.17, 15) is 0 Å². The van der Waals surface area contributed by atoms with Gasteiger partial charge in [-0.05, 0) is 55.2 Å². The number of rotatable bonds is 5. The van der Waals surface area contributed by atoms with Crippen LogP contribution in [0.2, 0.25) is 0 Å². The van der Waals surface area contributed by atoms with Gasteiger partial charge in [0, 0.05) is 35.5 Å². The van der Waals surface area contributed by atoms with Gasteiger partial charge in [0.05, 0.1) is 23.6 Å². The fraction of sp³-hybridized carbons (Fsp3) is 0.667. The summed E-state index contributed by atoms with van der Waals surface area (Å²) in [4.78, 5) is 10.7. The van der Waals surface area contributed by atoms with E-state index in [-0.39, 0.29) is 0 Å². The Morgan fingerprint density at radius 2 is 2.12 bits per heavy atom. The van der Waals surface area contributed by atoms with Crippen LogP contribution in [-0.4, -0.2) is 64.4 Å². The zero-order chi connectivity index (χ0) is 18.1. The molecule has 2 aromatic heterocycles. The number of hydrogen-bond donors (Lipinski definition) is 0. The van der Waals surface area contributed by atoms with Gasteiger partial charge < -0.3 is 9.26 Å². The van der Waals surface area contributed by atoms with Gasteiger partial charge in [-0.3, -0.25) is 9.80 Å². The van der Waals surface area contributed by atoms with Gasteiger partial charge in [-0.15, -0.1) is 11.3 Å². The quantitative estimate of drug-likeness (QED) is 0.707. The van der Waals surface area contributed by atoms with Crippen molar-refractivity contribution >= 4 is 27.3 Å². The van der Waals surface area contributed by atoms with Crippen molar-refractivity contribution in [3.05, 3.63) is 21.8 Å². The van der Waals surface area contributed by atoms with Crippen molar-refractivity contribution in [2.75, 3.05) is 26.2 Å². The molecule has 0 bridgehead atoms. The van der Waals surface area contributed by atoms with Crippen molar-refractivity contribution in [3.8, 4) is 10.7 Å². The summed E-state index contributed by atoms with van der Waals surface area (Å²) in [5, 5.41) is 6.19. The van der Waals surface area contributed by atoms with Gasteiger partial charge in [0.1, 0.15) is 0 Å². The van der Waals surface area contributed by atoms with E-state index >= 15 is 0 Å².